The van der Waals surface area contributed by atoms with E-state index < -0.39 is 27.2 Å². The maximum atomic E-state index is 12.3. The minimum absolute atomic E-state index is 0.00836. The number of methoxy groups -OCH3 is 1. The molecule has 1 heterocycles. The molecule has 2 aromatic rings. The maximum Gasteiger partial charge on any atom is 0.340 e. The standard InChI is InChI=1S/C20H20N4O7/c1-13(25)14-3-5-15(6-4-14)21-7-9-22(10-8-21)19-17(20(26)31-2)11-16(23(27)28)12-18(19)24(29)30/h3-6,11-12H,7-10H2,1-2H3. The lowest BCUT2D eigenvalue weighted by atomic mass is 10.1. The number of nitro benzene ring substituents is 2. The fourth-order valence-electron chi connectivity index (χ4n) is 3.54. The summed E-state index contributed by atoms with van der Waals surface area (Å²) in [4.78, 5) is 48.7. The minimum Gasteiger partial charge on any atom is -0.465 e. The highest BCUT2D eigenvalue weighted by Crippen LogP contribution is 2.37. The summed E-state index contributed by atoms with van der Waals surface area (Å²) < 4.78 is 4.71. The van der Waals surface area contributed by atoms with Gasteiger partial charge in [0.05, 0.1) is 28.6 Å². The van der Waals surface area contributed by atoms with Crippen LogP contribution in [0.5, 0.6) is 0 Å². The SMILES string of the molecule is COC(=O)c1cc([N+](=O)[O-])cc([N+](=O)[O-])c1N1CCN(c2ccc(C(C)=O)cc2)CC1. The summed E-state index contributed by atoms with van der Waals surface area (Å²) in [7, 11) is 1.11. The van der Waals surface area contributed by atoms with E-state index in [2.05, 4.69) is 4.90 Å². The van der Waals surface area contributed by atoms with Crippen LogP contribution in [0.15, 0.2) is 36.4 Å². The van der Waals surface area contributed by atoms with E-state index in [-0.39, 0.29) is 17.0 Å². The number of nitrogens with zero attached hydrogens (tertiary/aromatic N) is 4. The van der Waals surface area contributed by atoms with Crippen LogP contribution in [0, 0.1) is 20.2 Å². The molecule has 11 nitrogen and oxygen atoms in total. The second-order valence-electron chi connectivity index (χ2n) is 6.94. The van der Waals surface area contributed by atoms with Crippen LogP contribution in [0.1, 0.15) is 27.6 Å². The molecule has 0 bridgehead atoms. The molecule has 1 aliphatic heterocycles. The zero-order valence-electron chi connectivity index (χ0n) is 16.9. The second-order valence-corrected chi connectivity index (χ2v) is 6.94. The molecule has 0 unspecified atom stereocenters. The van der Waals surface area contributed by atoms with E-state index in [0.29, 0.717) is 31.7 Å². The van der Waals surface area contributed by atoms with Crippen molar-refractivity contribution in [2.45, 2.75) is 6.92 Å². The topological polar surface area (TPSA) is 136 Å². The number of piperazine rings is 1. The van der Waals surface area contributed by atoms with E-state index in [1.807, 2.05) is 12.1 Å². The molecule has 1 aliphatic rings. The number of anilines is 2. The summed E-state index contributed by atoms with van der Waals surface area (Å²) in [5.74, 6) is -0.916. The van der Waals surface area contributed by atoms with Gasteiger partial charge in [-0.15, -0.1) is 0 Å². The Morgan fingerprint density at radius 2 is 1.52 bits per heavy atom. The average molecular weight is 428 g/mol. The fraction of sp³-hybridized carbons (Fsp3) is 0.300. The Balaban J connectivity index is 1.91. The van der Waals surface area contributed by atoms with Crippen LogP contribution in [0.4, 0.5) is 22.7 Å². The predicted molar refractivity (Wildman–Crippen MR) is 112 cm³/mol. The Hall–Kier alpha value is -4.02. The monoisotopic (exact) mass is 428 g/mol. The number of ketones is 1. The van der Waals surface area contributed by atoms with Crippen molar-refractivity contribution in [3.63, 3.8) is 0 Å². The first-order valence-corrected chi connectivity index (χ1v) is 9.39. The molecule has 0 aliphatic carbocycles. The maximum absolute atomic E-state index is 12.3. The molecule has 0 aromatic heterocycles. The van der Waals surface area contributed by atoms with Gasteiger partial charge in [0, 0.05) is 43.5 Å². The summed E-state index contributed by atoms with van der Waals surface area (Å²) in [6.07, 6.45) is 0. The Morgan fingerprint density at radius 1 is 0.935 bits per heavy atom. The van der Waals surface area contributed by atoms with Crippen LogP contribution in [0.25, 0.3) is 0 Å². The molecule has 0 spiro atoms. The average Bonchev–Trinajstić information content (AvgIpc) is 2.77. The number of esters is 1. The number of hydrogen-bond acceptors (Lipinski definition) is 9. The van der Waals surface area contributed by atoms with Gasteiger partial charge in [-0.05, 0) is 31.2 Å². The number of carbonyl (C=O) groups excluding carboxylic acids is 2. The Labute approximate surface area is 177 Å². The summed E-state index contributed by atoms with van der Waals surface area (Å²) in [6, 6.07) is 9.00. The smallest absolute Gasteiger partial charge is 0.340 e. The molecule has 1 saturated heterocycles. The van der Waals surface area contributed by atoms with Crippen molar-refractivity contribution >= 4 is 34.5 Å². The highest BCUT2D eigenvalue weighted by Gasteiger charge is 2.33. The summed E-state index contributed by atoms with van der Waals surface area (Å²) in [5.41, 5.74) is 0.216. The first-order chi connectivity index (χ1) is 14.7. The molecule has 3 rings (SSSR count). The Bertz CT molecular complexity index is 1040. The first kappa shape index (κ1) is 21.7. The third-order valence-electron chi connectivity index (χ3n) is 5.12. The van der Waals surface area contributed by atoms with Crippen LogP contribution < -0.4 is 9.80 Å². The van der Waals surface area contributed by atoms with Gasteiger partial charge in [-0.3, -0.25) is 25.0 Å². The molecule has 1 fully saturated rings. The van der Waals surface area contributed by atoms with E-state index >= 15 is 0 Å². The van der Waals surface area contributed by atoms with Crippen LogP contribution in [0.2, 0.25) is 0 Å². The molecular formula is C20H20N4O7. The number of hydrogen-bond donors (Lipinski definition) is 0. The highest BCUT2D eigenvalue weighted by atomic mass is 16.6. The molecule has 0 atom stereocenters. The van der Waals surface area contributed by atoms with Crippen molar-refractivity contribution in [1.82, 2.24) is 0 Å². The lowest BCUT2D eigenvalue weighted by molar-refractivity contribution is -0.393. The van der Waals surface area contributed by atoms with Gasteiger partial charge in [0.1, 0.15) is 5.69 Å². The van der Waals surface area contributed by atoms with Crippen molar-refractivity contribution in [3.8, 4) is 0 Å². The van der Waals surface area contributed by atoms with Crippen LogP contribution in [-0.4, -0.2) is 54.9 Å². The number of ether oxygens (including phenoxy) is 1. The van der Waals surface area contributed by atoms with E-state index in [9.17, 15) is 29.8 Å². The van der Waals surface area contributed by atoms with Crippen molar-refractivity contribution in [2.24, 2.45) is 0 Å². The van der Waals surface area contributed by atoms with Gasteiger partial charge in [0.15, 0.2) is 5.78 Å². The third-order valence-corrected chi connectivity index (χ3v) is 5.12. The number of non-ortho nitro benzene ring substituents is 1. The Kier molecular flexibility index (Phi) is 6.14. The Morgan fingerprint density at radius 3 is 2.00 bits per heavy atom. The van der Waals surface area contributed by atoms with Crippen molar-refractivity contribution < 1.29 is 24.2 Å². The molecule has 0 saturated carbocycles. The van der Waals surface area contributed by atoms with Gasteiger partial charge in [0.2, 0.25) is 0 Å². The zero-order valence-corrected chi connectivity index (χ0v) is 16.9. The lowest BCUT2D eigenvalue weighted by Crippen LogP contribution is -2.47. The second kappa shape index (κ2) is 8.78. The van der Waals surface area contributed by atoms with Crippen LogP contribution in [0.3, 0.4) is 0 Å². The molecule has 0 N–H and O–H groups in total. The quantitative estimate of drug-likeness (QED) is 0.294. The van der Waals surface area contributed by atoms with E-state index in [4.69, 9.17) is 4.74 Å². The van der Waals surface area contributed by atoms with Gasteiger partial charge in [-0.2, -0.15) is 0 Å². The number of rotatable bonds is 6. The van der Waals surface area contributed by atoms with Crippen molar-refractivity contribution in [2.75, 3.05) is 43.1 Å². The van der Waals surface area contributed by atoms with Gasteiger partial charge in [-0.25, -0.2) is 4.79 Å². The highest BCUT2D eigenvalue weighted by molar-refractivity contribution is 5.99. The first-order valence-electron chi connectivity index (χ1n) is 9.39. The number of Topliss-reactive ketones (excluding diaryl/α,β-unsaturated/α-hetero) is 1. The van der Waals surface area contributed by atoms with Crippen molar-refractivity contribution in [3.05, 3.63) is 67.8 Å². The fourth-order valence-corrected chi connectivity index (χ4v) is 3.54. The molecule has 0 radical (unpaired) electrons. The van der Waals surface area contributed by atoms with E-state index in [0.717, 1.165) is 24.9 Å². The van der Waals surface area contributed by atoms with Crippen LogP contribution >= 0.6 is 0 Å². The van der Waals surface area contributed by atoms with Crippen molar-refractivity contribution in [1.29, 1.82) is 0 Å². The molecule has 2 aromatic carbocycles. The normalized spacial score (nSPS) is 13.6. The molecule has 0 amide bonds. The predicted octanol–water partition coefficient (Wildman–Crippen LogP) is 2.82. The number of benzene rings is 2. The van der Waals surface area contributed by atoms with Crippen LogP contribution in [-0.2, 0) is 4.74 Å². The van der Waals surface area contributed by atoms with E-state index in [1.54, 1.807) is 17.0 Å². The summed E-state index contributed by atoms with van der Waals surface area (Å²) in [5, 5.41) is 22.8. The number of nitro groups is 2. The van der Waals surface area contributed by atoms with Gasteiger partial charge < -0.3 is 14.5 Å². The molecule has 31 heavy (non-hydrogen) atoms. The third kappa shape index (κ3) is 4.44. The van der Waals surface area contributed by atoms with Gasteiger partial charge >= 0.3 is 5.97 Å². The van der Waals surface area contributed by atoms with Gasteiger partial charge in [-0.1, -0.05) is 0 Å². The largest absolute Gasteiger partial charge is 0.465 e. The lowest BCUT2D eigenvalue weighted by Gasteiger charge is -2.37. The summed E-state index contributed by atoms with van der Waals surface area (Å²) in [6.45, 7) is 3.17. The van der Waals surface area contributed by atoms with E-state index in [1.165, 1.54) is 6.92 Å². The number of carbonyl (C=O) groups is 2. The molecule has 162 valence electrons. The minimum atomic E-state index is -0.885. The van der Waals surface area contributed by atoms with Gasteiger partial charge in [0.25, 0.3) is 11.4 Å². The molecule has 11 heteroatoms. The molecular weight excluding hydrogens is 408 g/mol. The summed E-state index contributed by atoms with van der Waals surface area (Å²) >= 11 is 0. The zero-order chi connectivity index (χ0) is 22.7.